The molecule has 0 aliphatic heterocycles. The minimum absolute atomic E-state index is 1.13. The van der Waals surface area contributed by atoms with Crippen LogP contribution in [0, 0.1) is 0 Å². The maximum absolute atomic E-state index is 2.46. The molecule has 0 spiro atoms. The van der Waals surface area contributed by atoms with Crippen LogP contribution in [0.5, 0.6) is 0 Å². The van der Waals surface area contributed by atoms with Gasteiger partial charge in [0.25, 0.3) is 0 Å². The Morgan fingerprint density at radius 1 is 0.383 bits per heavy atom. The van der Waals surface area contributed by atoms with Crippen molar-refractivity contribution in [2.45, 2.75) is 0 Å². The third-order valence-corrected chi connectivity index (χ3v) is 10.6. The molecule has 0 radical (unpaired) electrons. The van der Waals surface area contributed by atoms with E-state index >= 15 is 0 Å². The lowest BCUT2D eigenvalue weighted by atomic mass is 10.0. The molecule has 10 rings (SSSR count). The second-order valence-electron chi connectivity index (χ2n) is 12.2. The van der Waals surface area contributed by atoms with Gasteiger partial charge >= 0.3 is 0 Å². The number of nitrogens with zero attached hydrogens (tertiary/aromatic N) is 2. The van der Waals surface area contributed by atoms with Crippen LogP contribution in [0.15, 0.2) is 170 Å². The second-order valence-corrected chi connectivity index (χ2v) is 13.3. The van der Waals surface area contributed by atoms with E-state index in [9.17, 15) is 0 Å². The Balaban J connectivity index is 1.28. The first-order valence-electron chi connectivity index (χ1n) is 16.0. The third-order valence-electron chi connectivity index (χ3n) is 9.50. The number of rotatable bonds is 4. The summed E-state index contributed by atoms with van der Waals surface area (Å²) in [4.78, 5) is 2.37. The standard InChI is InChI=1S/C44H28N2S/c1-3-13-32(14-4-1)45(34-21-19-29-11-7-8-12-30(29)25-34)35-22-24-41-39(27-35)37-23-20-31-26-43-40(36-17-9-10-18-42(36)47-43)28-38(31)44(37)46(41)33-15-5-2-6-16-33/h1-28H. The summed E-state index contributed by atoms with van der Waals surface area (Å²) in [7, 11) is 0. The van der Waals surface area contributed by atoms with Crippen molar-refractivity contribution < 1.29 is 0 Å². The third kappa shape index (κ3) is 4.10. The van der Waals surface area contributed by atoms with Gasteiger partial charge in [0.05, 0.1) is 11.0 Å². The fraction of sp³-hybridized carbons (Fsp3) is 0. The molecule has 2 nitrogen and oxygen atoms in total. The monoisotopic (exact) mass is 616 g/mol. The lowest BCUT2D eigenvalue weighted by molar-refractivity contribution is 1.18. The fourth-order valence-electron chi connectivity index (χ4n) is 7.37. The van der Waals surface area contributed by atoms with E-state index in [1.54, 1.807) is 0 Å². The highest BCUT2D eigenvalue weighted by atomic mass is 32.1. The van der Waals surface area contributed by atoms with Crippen LogP contribution in [0.2, 0.25) is 0 Å². The maximum atomic E-state index is 2.46. The molecular formula is C44H28N2S. The number of aromatic nitrogens is 1. The van der Waals surface area contributed by atoms with Crippen molar-refractivity contribution in [3.05, 3.63) is 170 Å². The Labute approximate surface area is 276 Å². The predicted octanol–water partition coefficient (Wildman–Crippen LogP) is 12.9. The predicted molar refractivity (Wildman–Crippen MR) is 203 cm³/mol. The van der Waals surface area contributed by atoms with Crippen LogP contribution in [-0.4, -0.2) is 4.57 Å². The van der Waals surface area contributed by atoms with Gasteiger partial charge in [-0.2, -0.15) is 0 Å². The maximum Gasteiger partial charge on any atom is 0.0619 e. The molecule has 0 saturated heterocycles. The van der Waals surface area contributed by atoms with E-state index < -0.39 is 0 Å². The van der Waals surface area contributed by atoms with E-state index in [-0.39, 0.29) is 0 Å². The Morgan fingerprint density at radius 3 is 1.96 bits per heavy atom. The first-order chi connectivity index (χ1) is 23.3. The molecule has 0 bridgehead atoms. The summed E-state index contributed by atoms with van der Waals surface area (Å²) in [5.74, 6) is 0. The summed E-state index contributed by atoms with van der Waals surface area (Å²) in [6.45, 7) is 0. The van der Waals surface area contributed by atoms with Crippen molar-refractivity contribution in [1.29, 1.82) is 0 Å². The van der Waals surface area contributed by atoms with Gasteiger partial charge in [0, 0.05) is 59.1 Å². The minimum atomic E-state index is 1.13. The molecule has 0 unspecified atom stereocenters. The zero-order chi connectivity index (χ0) is 30.9. The molecule has 0 fully saturated rings. The van der Waals surface area contributed by atoms with Crippen molar-refractivity contribution in [3.63, 3.8) is 0 Å². The molecule has 0 aliphatic rings. The quantitative estimate of drug-likeness (QED) is 0.191. The van der Waals surface area contributed by atoms with E-state index in [2.05, 4.69) is 179 Å². The average molecular weight is 617 g/mol. The highest BCUT2D eigenvalue weighted by Gasteiger charge is 2.20. The Bertz CT molecular complexity index is 2790. The number of thiophene rings is 1. The molecule has 3 heteroatoms. The van der Waals surface area contributed by atoms with Crippen LogP contribution < -0.4 is 4.90 Å². The number of hydrogen-bond donors (Lipinski definition) is 0. The van der Waals surface area contributed by atoms with Crippen LogP contribution in [0.4, 0.5) is 17.1 Å². The smallest absolute Gasteiger partial charge is 0.0619 e. The average Bonchev–Trinajstić information content (AvgIpc) is 3.66. The molecule has 0 saturated carbocycles. The van der Waals surface area contributed by atoms with Gasteiger partial charge in [-0.25, -0.2) is 0 Å². The lowest BCUT2D eigenvalue weighted by Crippen LogP contribution is -2.09. The lowest BCUT2D eigenvalue weighted by Gasteiger charge is -2.26. The zero-order valence-electron chi connectivity index (χ0n) is 25.5. The Kier molecular flexibility index (Phi) is 5.78. The number of fused-ring (bicyclic) bond motifs is 9. The molecule has 2 aromatic heterocycles. The summed E-state index contributed by atoms with van der Waals surface area (Å²) in [6.07, 6.45) is 0. The van der Waals surface area contributed by atoms with Gasteiger partial charge in [-0.15, -0.1) is 11.3 Å². The molecule has 10 aromatic rings. The van der Waals surface area contributed by atoms with E-state index in [1.807, 2.05) is 11.3 Å². The normalized spacial score (nSPS) is 11.8. The first kappa shape index (κ1) is 26.3. The van der Waals surface area contributed by atoms with Crippen molar-refractivity contribution in [3.8, 4) is 5.69 Å². The molecule has 0 N–H and O–H groups in total. The largest absolute Gasteiger partial charge is 0.310 e. The van der Waals surface area contributed by atoms with Gasteiger partial charge in [0.1, 0.15) is 0 Å². The molecule has 8 aromatic carbocycles. The first-order valence-corrected chi connectivity index (χ1v) is 16.8. The molecule has 220 valence electrons. The van der Waals surface area contributed by atoms with E-state index in [1.165, 1.54) is 63.5 Å². The van der Waals surface area contributed by atoms with Crippen molar-refractivity contribution >= 4 is 91.9 Å². The van der Waals surface area contributed by atoms with Gasteiger partial charge in [0.2, 0.25) is 0 Å². The van der Waals surface area contributed by atoms with Gasteiger partial charge < -0.3 is 9.47 Å². The van der Waals surface area contributed by atoms with Crippen LogP contribution in [0.3, 0.4) is 0 Å². The highest BCUT2D eigenvalue weighted by molar-refractivity contribution is 7.25. The SMILES string of the molecule is c1ccc(N(c2ccc3ccccc3c2)c2ccc3c(c2)c2ccc4cc5sc6ccccc6c5cc4c2n3-c2ccccc2)cc1. The van der Waals surface area contributed by atoms with E-state index in [4.69, 9.17) is 0 Å². The van der Waals surface area contributed by atoms with Crippen LogP contribution in [-0.2, 0) is 0 Å². The zero-order valence-corrected chi connectivity index (χ0v) is 26.3. The molecular weight excluding hydrogens is 589 g/mol. The minimum Gasteiger partial charge on any atom is -0.310 e. The summed E-state index contributed by atoms with van der Waals surface area (Å²) in [5.41, 5.74) is 7.01. The number of hydrogen-bond acceptors (Lipinski definition) is 2. The van der Waals surface area contributed by atoms with Gasteiger partial charge in [-0.1, -0.05) is 97.1 Å². The highest BCUT2D eigenvalue weighted by Crippen LogP contribution is 2.44. The van der Waals surface area contributed by atoms with Crippen molar-refractivity contribution in [2.24, 2.45) is 0 Å². The molecule has 0 amide bonds. The molecule has 47 heavy (non-hydrogen) atoms. The Hall–Kier alpha value is -5.90. The number of benzene rings is 8. The van der Waals surface area contributed by atoms with Crippen molar-refractivity contribution in [1.82, 2.24) is 4.57 Å². The van der Waals surface area contributed by atoms with Crippen LogP contribution in [0.25, 0.3) is 69.2 Å². The molecule has 0 atom stereocenters. The van der Waals surface area contributed by atoms with E-state index in [0.717, 1.165) is 22.7 Å². The van der Waals surface area contributed by atoms with Gasteiger partial charge in [-0.3, -0.25) is 0 Å². The molecule has 2 heterocycles. The van der Waals surface area contributed by atoms with Gasteiger partial charge in [-0.05, 0) is 89.0 Å². The molecule has 0 aliphatic carbocycles. The van der Waals surface area contributed by atoms with Crippen molar-refractivity contribution in [2.75, 3.05) is 4.90 Å². The van der Waals surface area contributed by atoms with E-state index in [0.29, 0.717) is 0 Å². The fourth-order valence-corrected chi connectivity index (χ4v) is 8.50. The summed E-state index contributed by atoms with van der Waals surface area (Å²) in [5, 5.41) is 10.1. The second kappa shape index (κ2) is 10.3. The topological polar surface area (TPSA) is 8.17 Å². The number of para-hydroxylation sites is 2. The van der Waals surface area contributed by atoms with Crippen LogP contribution >= 0.6 is 11.3 Å². The Morgan fingerprint density at radius 2 is 1.09 bits per heavy atom. The van der Waals surface area contributed by atoms with Crippen LogP contribution in [0.1, 0.15) is 0 Å². The summed E-state index contributed by atoms with van der Waals surface area (Å²) < 4.78 is 5.12. The number of anilines is 3. The van der Waals surface area contributed by atoms with Gasteiger partial charge in [0.15, 0.2) is 0 Å². The summed E-state index contributed by atoms with van der Waals surface area (Å²) in [6, 6.07) is 62.0. The summed E-state index contributed by atoms with van der Waals surface area (Å²) >= 11 is 1.88.